The Bertz CT molecular complexity index is 352. The lowest BCUT2D eigenvalue weighted by Gasteiger charge is -2.15. The molecule has 0 bridgehead atoms. The maximum atomic E-state index is 8.68. The fraction of sp³-hybridized carbons (Fsp3) is 0.500. The predicted octanol–water partition coefficient (Wildman–Crippen LogP) is 3.03. The van der Waals surface area contributed by atoms with E-state index in [1.165, 1.54) is 11.1 Å². The van der Waals surface area contributed by atoms with Gasteiger partial charge in [-0.2, -0.15) is 5.26 Å². The van der Waals surface area contributed by atoms with Gasteiger partial charge < -0.3 is 5.32 Å². The standard InChI is InChI=1S/C14H20N2/c1-3-12-7-5-6-8-13(12)11-16-14(4-2)9-10-15/h5-8,14,16H,3-4,9,11H2,1-2H3. The molecule has 16 heavy (non-hydrogen) atoms. The number of rotatable bonds is 6. The first-order valence-corrected chi connectivity index (χ1v) is 5.98. The second kappa shape index (κ2) is 7.03. The lowest BCUT2D eigenvalue weighted by atomic mass is 10.0. The lowest BCUT2D eigenvalue weighted by molar-refractivity contribution is 0.504. The van der Waals surface area contributed by atoms with Crippen molar-refractivity contribution in [3.8, 4) is 6.07 Å². The third-order valence-corrected chi connectivity index (χ3v) is 2.91. The molecule has 1 aromatic carbocycles. The summed E-state index contributed by atoms with van der Waals surface area (Å²) < 4.78 is 0. The molecule has 2 heteroatoms. The molecule has 1 rings (SSSR count). The average Bonchev–Trinajstić information content (AvgIpc) is 2.34. The Hall–Kier alpha value is -1.33. The van der Waals surface area contributed by atoms with Crippen LogP contribution >= 0.6 is 0 Å². The monoisotopic (exact) mass is 216 g/mol. The van der Waals surface area contributed by atoms with E-state index in [2.05, 4.69) is 49.5 Å². The molecule has 0 amide bonds. The Morgan fingerprint density at radius 3 is 2.50 bits per heavy atom. The molecule has 2 nitrogen and oxygen atoms in total. The summed E-state index contributed by atoms with van der Waals surface area (Å²) in [6, 6.07) is 11.0. The van der Waals surface area contributed by atoms with Crippen LogP contribution in [0.5, 0.6) is 0 Å². The summed E-state index contributed by atoms with van der Waals surface area (Å²) in [5.41, 5.74) is 2.74. The molecule has 0 saturated heterocycles. The Kier molecular flexibility index (Phi) is 5.60. The van der Waals surface area contributed by atoms with Crippen molar-refractivity contribution >= 4 is 0 Å². The van der Waals surface area contributed by atoms with Crippen molar-refractivity contribution in [1.82, 2.24) is 5.32 Å². The molecule has 0 aliphatic rings. The highest BCUT2D eigenvalue weighted by molar-refractivity contribution is 5.26. The van der Waals surface area contributed by atoms with Crippen LogP contribution in [0.1, 0.15) is 37.8 Å². The maximum Gasteiger partial charge on any atom is 0.0638 e. The molecule has 1 unspecified atom stereocenters. The minimum atomic E-state index is 0.315. The minimum Gasteiger partial charge on any atom is -0.309 e. The van der Waals surface area contributed by atoms with Crippen LogP contribution in [0.25, 0.3) is 0 Å². The van der Waals surface area contributed by atoms with Crippen LogP contribution < -0.4 is 5.32 Å². The summed E-state index contributed by atoms with van der Waals surface area (Å²) in [4.78, 5) is 0. The number of hydrogen-bond acceptors (Lipinski definition) is 2. The van der Waals surface area contributed by atoms with E-state index in [1.807, 2.05) is 0 Å². The minimum absolute atomic E-state index is 0.315. The summed E-state index contributed by atoms with van der Waals surface area (Å²) in [6.07, 6.45) is 2.65. The third-order valence-electron chi connectivity index (χ3n) is 2.91. The summed E-state index contributed by atoms with van der Waals surface area (Å²) >= 11 is 0. The molecule has 0 fully saturated rings. The van der Waals surface area contributed by atoms with Gasteiger partial charge >= 0.3 is 0 Å². The van der Waals surface area contributed by atoms with E-state index in [4.69, 9.17) is 5.26 Å². The Labute approximate surface area is 98.3 Å². The number of nitrogens with zero attached hydrogens (tertiary/aromatic N) is 1. The van der Waals surface area contributed by atoms with Gasteiger partial charge in [0.25, 0.3) is 0 Å². The van der Waals surface area contributed by atoms with Crippen molar-refractivity contribution in [3.63, 3.8) is 0 Å². The van der Waals surface area contributed by atoms with Gasteiger partial charge in [0.1, 0.15) is 0 Å². The largest absolute Gasteiger partial charge is 0.309 e. The van der Waals surface area contributed by atoms with Gasteiger partial charge in [-0.25, -0.2) is 0 Å². The zero-order chi connectivity index (χ0) is 11.8. The molecular formula is C14H20N2. The highest BCUT2D eigenvalue weighted by Crippen LogP contribution is 2.10. The van der Waals surface area contributed by atoms with Crippen LogP contribution in [-0.4, -0.2) is 6.04 Å². The fourth-order valence-electron chi connectivity index (χ4n) is 1.80. The fourth-order valence-corrected chi connectivity index (χ4v) is 1.80. The van der Waals surface area contributed by atoms with E-state index in [9.17, 15) is 0 Å². The van der Waals surface area contributed by atoms with Gasteiger partial charge in [0.15, 0.2) is 0 Å². The van der Waals surface area contributed by atoms with Gasteiger partial charge in [0.05, 0.1) is 12.5 Å². The van der Waals surface area contributed by atoms with Crippen LogP contribution in [0.2, 0.25) is 0 Å². The molecule has 0 spiro atoms. The van der Waals surface area contributed by atoms with Crippen LogP contribution in [0.15, 0.2) is 24.3 Å². The maximum absolute atomic E-state index is 8.68. The molecule has 0 aliphatic heterocycles. The highest BCUT2D eigenvalue weighted by Gasteiger charge is 2.05. The third kappa shape index (κ3) is 3.67. The van der Waals surface area contributed by atoms with Crippen LogP contribution in [0, 0.1) is 11.3 Å². The molecular weight excluding hydrogens is 196 g/mol. The van der Waals surface area contributed by atoms with E-state index in [1.54, 1.807) is 0 Å². The van der Waals surface area contributed by atoms with Crippen molar-refractivity contribution in [3.05, 3.63) is 35.4 Å². The van der Waals surface area contributed by atoms with Crippen molar-refractivity contribution in [2.75, 3.05) is 0 Å². The van der Waals surface area contributed by atoms with E-state index in [0.717, 1.165) is 19.4 Å². The average molecular weight is 216 g/mol. The number of aryl methyl sites for hydroxylation is 1. The number of benzene rings is 1. The topological polar surface area (TPSA) is 35.8 Å². The summed E-state index contributed by atoms with van der Waals surface area (Å²) in [6.45, 7) is 5.15. The van der Waals surface area contributed by atoms with Crippen LogP contribution in [0.3, 0.4) is 0 Å². The zero-order valence-electron chi connectivity index (χ0n) is 10.2. The first kappa shape index (κ1) is 12.7. The highest BCUT2D eigenvalue weighted by atomic mass is 14.9. The van der Waals surface area contributed by atoms with Crippen molar-refractivity contribution in [2.24, 2.45) is 0 Å². The van der Waals surface area contributed by atoms with Gasteiger partial charge in [-0.05, 0) is 24.0 Å². The Balaban J connectivity index is 2.56. The van der Waals surface area contributed by atoms with Gasteiger partial charge in [0.2, 0.25) is 0 Å². The van der Waals surface area contributed by atoms with Crippen molar-refractivity contribution in [1.29, 1.82) is 5.26 Å². The van der Waals surface area contributed by atoms with Gasteiger partial charge in [0, 0.05) is 12.6 Å². The smallest absolute Gasteiger partial charge is 0.0638 e. The number of hydrogen-bond donors (Lipinski definition) is 1. The van der Waals surface area contributed by atoms with Crippen LogP contribution in [0.4, 0.5) is 0 Å². The SMILES string of the molecule is CCc1ccccc1CNC(CC)CC#N. The Morgan fingerprint density at radius 1 is 1.25 bits per heavy atom. The predicted molar refractivity (Wildman–Crippen MR) is 67.0 cm³/mol. The molecule has 86 valence electrons. The van der Waals surface area contributed by atoms with E-state index < -0.39 is 0 Å². The number of nitrogens with one attached hydrogen (secondary N) is 1. The molecule has 1 atom stereocenters. The lowest BCUT2D eigenvalue weighted by Crippen LogP contribution is -2.27. The molecule has 0 saturated carbocycles. The van der Waals surface area contributed by atoms with Gasteiger partial charge in [-0.1, -0.05) is 38.1 Å². The molecule has 0 radical (unpaired) electrons. The molecule has 1 aromatic rings. The number of nitriles is 1. The quantitative estimate of drug-likeness (QED) is 0.793. The molecule has 0 heterocycles. The van der Waals surface area contributed by atoms with E-state index in [0.29, 0.717) is 12.5 Å². The van der Waals surface area contributed by atoms with Crippen LogP contribution in [-0.2, 0) is 13.0 Å². The van der Waals surface area contributed by atoms with E-state index in [-0.39, 0.29) is 0 Å². The molecule has 0 aliphatic carbocycles. The second-order valence-corrected chi connectivity index (χ2v) is 3.97. The molecule has 0 aromatic heterocycles. The normalized spacial score (nSPS) is 12.1. The van der Waals surface area contributed by atoms with Gasteiger partial charge in [-0.3, -0.25) is 0 Å². The first-order chi connectivity index (χ1) is 7.81. The van der Waals surface area contributed by atoms with Gasteiger partial charge in [-0.15, -0.1) is 0 Å². The first-order valence-electron chi connectivity index (χ1n) is 5.98. The second-order valence-electron chi connectivity index (χ2n) is 3.97. The van der Waals surface area contributed by atoms with Crippen molar-refractivity contribution < 1.29 is 0 Å². The van der Waals surface area contributed by atoms with Crippen molar-refractivity contribution in [2.45, 2.75) is 45.7 Å². The molecule has 1 N–H and O–H groups in total. The summed E-state index contributed by atoms with van der Waals surface area (Å²) in [5, 5.41) is 12.1. The van der Waals surface area contributed by atoms with E-state index >= 15 is 0 Å². The summed E-state index contributed by atoms with van der Waals surface area (Å²) in [7, 11) is 0. The Morgan fingerprint density at radius 2 is 1.94 bits per heavy atom. The zero-order valence-corrected chi connectivity index (χ0v) is 10.2. The summed E-state index contributed by atoms with van der Waals surface area (Å²) in [5.74, 6) is 0.